The van der Waals surface area contributed by atoms with Gasteiger partial charge in [0.25, 0.3) is 0 Å². The monoisotopic (exact) mass is 365 g/mol. The number of amides is 1. The molecule has 2 rings (SSSR count). The maximum absolute atomic E-state index is 13.3. The van der Waals surface area contributed by atoms with Crippen molar-refractivity contribution in [3.05, 3.63) is 35.6 Å². The number of esters is 1. The Hall–Kier alpha value is -2.11. The molecule has 1 atom stereocenters. The van der Waals surface area contributed by atoms with Crippen LogP contribution < -0.4 is 0 Å². The van der Waals surface area contributed by atoms with Gasteiger partial charge in [-0.2, -0.15) is 0 Å². The van der Waals surface area contributed by atoms with Gasteiger partial charge in [0.1, 0.15) is 17.5 Å². The number of carbonyl (C=O) groups excluding carboxylic acids is 2. The van der Waals surface area contributed by atoms with Crippen LogP contribution in [0.25, 0.3) is 0 Å². The van der Waals surface area contributed by atoms with Gasteiger partial charge < -0.3 is 14.4 Å². The predicted octanol–water partition coefficient (Wildman–Crippen LogP) is 4.47. The molecule has 1 fully saturated rings. The molecule has 0 aliphatic carbocycles. The van der Waals surface area contributed by atoms with Gasteiger partial charge >= 0.3 is 12.1 Å². The second-order valence-electron chi connectivity index (χ2n) is 8.16. The normalized spacial score (nSPS) is 18.2. The van der Waals surface area contributed by atoms with Crippen molar-refractivity contribution >= 4 is 12.1 Å². The molecule has 0 aromatic heterocycles. The van der Waals surface area contributed by atoms with E-state index in [9.17, 15) is 14.0 Å². The summed E-state index contributed by atoms with van der Waals surface area (Å²) in [5.41, 5.74) is -0.122. The molecule has 1 heterocycles. The van der Waals surface area contributed by atoms with E-state index < -0.39 is 11.7 Å². The van der Waals surface area contributed by atoms with Crippen LogP contribution in [0.4, 0.5) is 9.18 Å². The first-order chi connectivity index (χ1) is 12.0. The standard InChI is InChI=1S/C20H28FNO4/c1-14(23)25-17(15-6-8-16(21)9-7-15)20(5)10-12-22(13-11-20)18(24)26-19(2,3)4/h6-9,17H,10-13H2,1-5H3. The van der Waals surface area contributed by atoms with Crippen molar-refractivity contribution in [1.82, 2.24) is 4.90 Å². The molecular formula is C20H28FNO4. The van der Waals surface area contributed by atoms with Crippen LogP contribution in [0.2, 0.25) is 0 Å². The molecule has 0 bridgehead atoms. The highest BCUT2D eigenvalue weighted by molar-refractivity contribution is 5.68. The first-order valence-electron chi connectivity index (χ1n) is 8.91. The number of halogens is 1. The zero-order chi connectivity index (χ0) is 19.5. The Kier molecular flexibility index (Phi) is 5.94. The van der Waals surface area contributed by atoms with Crippen molar-refractivity contribution in [2.24, 2.45) is 5.41 Å². The zero-order valence-electron chi connectivity index (χ0n) is 16.2. The van der Waals surface area contributed by atoms with Crippen molar-refractivity contribution in [3.63, 3.8) is 0 Å². The number of rotatable bonds is 3. The Balaban J connectivity index is 2.13. The van der Waals surface area contributed by atoms with Crippen LogP contribution in [-0.4, -0.2) is 35.7 Å². The molecule has 0 spiro atoms. The number of piperidine rings is 1. The molecule has 1 aromatic rings. The Bertz CT molecular complexity index is 643. The number of likely N-dealkylation sites (tertiary alicyclic amines) is 1. The van der Waals surface area contributed by atoms with Gasteiger partial charge in [-0.25, -0.2) is 9.18 Å². The SMILES string of the molecule is CC(=O)OC(c1ccc(F)cc1)C1(C)CCN(C(=O)OC(C)(C)C)CC1. The molecule has 0 radical (unpaired) electrons. The van der Waals surface area contributed by atoms with Gasteiger partial charge in [0, 0.05) is 25.4 Å². The van der Waals surface area contributed by atoms with Gasteiger partial charge in [-0.3, -0.25) is 4.79 Å². The number of carbonyl (C=O) groups is 2. The topological polar surface area (TPSA) is 55.8 Å². The van der Waals surface area contributed by atoms with E-state index in [1.165, 1.54) is 19.1 Å². The number of ether oxygens (including phenoxy) is 2. The number of benzene rings is 1. The maximum atomic E-state index is 13.3. The highest BCUT2D eigenvalue weighted by Crippen LogP contribution is 2.45. The van der Waals surface area contributed by atoms with Gasteiger partial charge in [0.15, 0.2) is 0 Å². The van der Waals surface area contributed by atoms with E-state index in [1.54, 1.807) is 17.0 Å². The third kappa shape index (κ3) is 5.19. The molecule has 1 aliphatic rings. The molecular weight excluding hydrogens is 337 g/mol. The minimum absolute atomic E-state index is 0.328. The quantitative estimate of drug-likeness (QED) is 0.742. The Labute approximate surface area is 154 Å². The van der Waals surface area contributed by atoms with E-state index in [4.69, 9.17) is 9.47 Å². The van der Waals surface area contributed by atoms with Crippen LogP contribution in [-0.2, 0) is 14.3 Å². The molecule has 144 valence electrons. The Morgan fingerprint density at radius 2 is 1.69 bits per heavy atom. The smallest absolute Gasteiger partial charge is 0.410 e. The third-order valence-corrected chi connectivity index (χ3v) is 4.65. The number of nitrogens with zero attached hydrogens (tertiary/aromatic N) is 1. The molecule has 1 aliphatic heterocycles. The first kappa shape index (κ1) is 20.2. The van der Waals surface area contributed by atoms with Gasteiger partial charge in [-0.1, -0.05) is 19.1 Å². The summed E-state index contributed by atoms with van der Waals surface area (Å²) < 4.78 is 24.3. The van der Waals surface area contributed by atoms with Crippen molar-refractivity contribution in [3.8, 4) is 0 Å². The molecule has 26 heavy (non-hydrogen) atoms. The van der Waals surface area contributed by atoms with Crippen LogP contribution in [0.3, 0.4) is 0 Å². The zero-order valence-corrected chi connectivity index (χ0v) is 16.2. The lowest BCUT2D eigenvalue weighted by Crippen LogP contribution is -2.46. The highest BCUT2D eigenvalue weighted by atomic mass is 19.1. The highest BCUT2D eigenvalue weighted by Gasteiger charge is 2.42. The molecule has 0 saturated carbocycles. The Morgan fingerprint density at radius 1 is 1.15 bits per heavy atom. The summed E-state index contributed by atoms with van der Waals surface area (Å²) in [6.07, 6.45) is 0.495. The fourth-order valence-electron chi connectivity index (χ4n) is 3.20. The van der Waals surface area contributed by atoms with E-state index >= 15 is 0 Å². The summed E-state index contributed by atoms with van der Waals surface area (Å²) in [5, 5.41) is 0. The van der Waals surface area contributed by atoms with Gasteiger partial charge in [0.05, 0.1) is 0 Å². The number of hydrogen-bond acceptors (Lipinski definition) is 4. The van der Waals surface area contributed by atoms with Crippen LogP contribution >= 0.6 is 0 Å². The fourth-order valence-corrected chi connectivity index (χ4v) is 3.20. The molecule has 1 unspecified atom stereocenters. The van der Waals surface area contributed by atoms with Gasteiger partial charge in [0.2, 0.25) is 0 Å². The van der Waals surface area contributed by atoms with Crippen LogP contribution in [0, 0.1) is 11.2 Å². The largest absolute Gasteiger partial charge is 0.457 e. The van der Waals surface area contributed by atoms with Gasteiger partial charge in [-0.05, 0) is 51.3 Å². The molecule has 6 heteroatoms. The average molecular weight is 365 g/mol. The second-order valence-corrected chi connectivity index (χ2v) is 8.16. The van der Waals surface area contributed by atoms with Crippen LogP contribution in [0.1, 0.15) is 59.1 Å². The average Bonchev–Trinajstić information content (AvgIpc) is 2.52. The minimum atomic E-state index is -0.535. The minimum Gasteiger partial charge on any atom is -0.457 e. The lowest BCUT2D eigenvalue weighted by atomic mass is 9.73. The van der Waals surface area contributed by atoms with Crippen molar-refractivity contribution < 1.29 is 23.5 Å². The van der Waals surface area contributed by atoms with Crippen molar-refractivity contribution in [1.29, 1.82) is 0 Å². The molecule has 5 nitrogen and oxygen atoms in total. The second kappa shape index (κ2) is 7.64. The van der Waals surface area contributed by atoms with Crippen molar-refractivity contribution in [2.75, 3.05) is 13.1 Å². The predicted molar refractivity (Wildman–Crippen MR) is 96.1 cm³/mol. The summed E-state index contributed by atoms with van der Waals surface area (Å²) >= 11 is 0. The maximum Gasteiger partial charge on any atom is 0.410 e. The van der Waals surface area contributed by atoms with Gasteiger partial charge in [-0.15, -0.1) is 0 Å². The van der Waals surface area contributed by atoms with E-state index in [-0.39, 0.29) is 23.3 Å². The van der Waals surface area contributed by atoms with Crippen LogP contribution in [0.15, 0.2) is 24.3 Å². The molecule has 1 aromatic carbocycles. The lowest BCUT2D eigenvalue weighted by Gasteiger charge is -2.43. The molecule has 1 saturated heterocycles. The molecule has 1 amide bonds. The van der Waals surface area contributed by atoms with E-state index in [2.05, 4.69) is 0 Å². The third-order valence-electron chi connectivity index (χ3n) is 4.65. The van der Waals surface area contributed by atoms with E-state index in [0.29, 0.717) is 25.9 Å². The summed E-state index contributed by atoms with van der Waals surface area (Å²) in [5.74, 6) is -0.713. The summed E-state index contributed by atoms with van der Waals surface area (Å²) in [6.45, 7) is 9.96. The Morgan fingerprint density at radius 3 is 2.15 bits per heavy atom. The lowest BCUT2D eigenvalue weighted by molar-refractivity contribution is -0.156. The summed E-state index contributed by atoms with van der Waals surface area (Å²) in [7, 11) is 0. The van der Waals surface area contributed by atoms with Crippen LogP contribution in [0.5, 0.6) is 0 Å². The van der Waals surface area contributed by atoms with Crippen molar-refractivity contribution in [2.45, 2.75) is 59.2 Å². The van der Waals surface area contributed by atoms with E-state index in [1.807, 2.05) is 27.7 Å². The van der Waals surface area contributed by atoms with E-state index in [0.717, 1.165) is 5.56 Å². The summed E-state index contributed by atoms with van der Waals surface area (Å²) in [6, 6.07) is 6.03. The summed E-state index contributed by atoms with van der Waals surface area (Å²) in [4.78, 5) is 25.6. The number of hydrogen-bond donors (Lipinski definition) is 0. The first-order valence-corrected chi connectivity index (χ1v) is 8.91. The molecule has 0 N–H and O–H groups in total. The fraction of sp³-hybridized carbons (Fsp3) is 0.600.